The van der Waals surface area contributed by atoms with Crippen LogP contribution in [-0.2, 0) is 0 Å². The van der Waals surface area contributed by atoms with E-state index in [9.17, 15) is 0 Å². The van der Waals surface area contributed by atoms with Crippen LogP contribution in [0.4, 0.5) is 17.1 Å². The highest BCUT2D eigenvalue weighted by atomic mass is 15.1. The predicted octanol–water partition coefficient (Wildman–Crippen LogP) is 13.5. The molecule has 0 heterocycles. The summed E-state index contributed by atoms with van der Waals surface area (Å²) in [6.45, 7) is 0.157. The zero-order valence-electron chi connectivity index (χ0n) is 33.3. The lowest BCUT2D eigenvalue weighted by Crippen LogP contribution is -2.51. The third-order valence-corrected chi connectivity index (χ3v) is 11.6. The molecule has 0 aliphatic heterocycles. The van der Waals surface area contributed by atoms with E-state index >= 15 is 0 Å². The van der Waals surface area contributed by atoms with Gasteiger partial charge >= 0.3 is 0 Å². The van der Waals surface area contributed by atoms with Crippen molar-refractivity contribution in [3.05, 3.63) is 254 Å². The third kappa shape index (κ3) is 7.80. The van der Waals surface area contributed by atoms with Gasteiger partial charge in [-0.3, -0.25) is 0 Å². The lowest BCUT2D eigenvalue weighted by atomic mass is 9.37. The van der Waals surface area contributed by atoms with Crippen molar-refractivity contribution >= 4 is 73.9 Å². The molecule has 0 N–H and O–H groups in total. The third-order valence-electron chi connectivity index (χ3n) is 11.6. The first-order valence-corrected chi connectivity index (χ1v) is 20.7. The van der Waals surface area contributed by atoms with Crippen LogP contribution in [0.5, 0.6) is 0 Å². The van der Waals surface area contributed by atoms with E-state index in [-0.39, 0.29) is 6.71 Å². The average Bonchev–Trinajstić information content (AvgIpc) is 3.32. The maximum atomic E-state index is 2.34. The second-order valence-electron chi connectivity index (χ2n) is 15.4. The van der Waals surface area contributed by atoms with E-state index in [1.165, 1.54) is 71.3 Å². The molecule has 0 amide bonds. The van der Waals surface area contributed by atoms with Crippen molar-refractivity contribution < 1.29 is 0 Å². The summed E-state index contributed by atoms with van der Waals surface area (Å²) in [4.78, 5) is 2.32. The van der Waals surface area contributed by atoms with Crippen molar-refractivity contribution in [3.63, 3.8) is 0 Å². The van der Waals surface area contributed by atoms with E-state index in [1.54, 1.807) is 0 Å². The van der Waals surface area contributed by atoms with Gasteiger partial charge in [-0.2, -0.15) is 0 Å². The Morgan fingerprint density at radius 2 is 0.650 bits per heavy atom. The van der Waals surface area contributed by atoms with Crippen molar-refractivity contribution in [1.29, 1.82) is 0 Å². The minimum absolute atomic E-state index is 0.157. The van der Waals surface area contributed by atoms with E-state index in [4.69, 9.17) is 0 Å². The largest absolute Gasteiger partial charge is 0.310 e. The topological polar surface area (TPSA) is 3.24 Å². The smallest absolute Gasteiger partial charge is 0.241 e. The molecule has 0 atom stereocenters. The van der Waals surface area contributed by atoms with Gasteiger partial charge in [-0.25, -0.2) is 0 Å². The predicted molar refractivity (Wildman–Crippen MR) is 260 cm³/mol. The quantitative estimate of drug-likeness (QED) is 0.0990. The molecule has 10 aromatic rings. The molecule has 0 fully saturated rings. The number of benzene rings is 10. The summed E-state index contributed by atoms with van der Waals surface area (Å²) >= 11 is 0. The molecule has 0 radical (unpaired) electrons. The molecule has 0 saturated heterocycles. The first-order valence-electron chi connectivity index (χ1n) is 20.7. The maximum absolute atomic E-state index is 2.34. The van der Waals surface area contributed by atoms with Gasteiger partial charge in [-0.15, -0.1) is 0 Å². The molecule has 2 heteroatoms. The van der Waals surface area contributed by atoms with Crippen LogP contribution in [0.1, 0.15) is 11.1 Å². The number of para-hydroxylation sites is 1. The van der Waals surface area contributed by atoms with Crippen molar-refractivity contribution in [2.45, 2.75) is 0 Å². The van der Waals surface area contributed by atoms with Gasteiger partial charge in [0.15, 0.2) is 0 Å². The summed E-state index contributed by atoms with van der Waals surface area (Å²) in [5.41, 5.74) is 14.4. The molecule has 0 unspecified atom stereocenters. The normalized spacial score (nSPS) is 11.3. The molecule has 0 aliphatic carbocycles. The minimum Gasteiger partial charge on any atom is -0.310 e. The van der Waals surface area contributed by atoms with Gasteiger partial charge in [0, 0.05) is 17.1 Å². The molecule has 0 bridgehead atoms. The van der Waals surface area contributed by atoms with Gasteiger partial charge in [-0.1, -0.05) is 235 Å². The summed E-state index contributed by atoms with van der Waals surface area (Å²) in [7, 11) is 0. The molecule has 0 aliphatic rings. The Kier molecular flexibility index (Phi) is 10.2. The van der Waals surface area contributed by atoms with Crippen molar-refractivity contribution in [2.24, 2.45) is 0 Å². The second kappa shape index (κ2) is 16.7. The fraction of sp³-hybridized carbons (Fsp3) is 0. The van der Waals surface area contributed by atoms with E-state index < -0.39 is 0 Å². The fourth-order valence-electron chi connectivity index (χ4n) is 8.39. The molecule has 1 nitrogen and oxygen atoms in total. The minimum atomic E-state index is 0.157. The number of rotatable bonds is 10. The lowest BCUT2D eigenvalue weighted by molar-refractivity contribution is 1.29. The van der Waals surface area contributed by atoms with E-state index in [1.807, 2.05) is 0 Å². The monoisotopic (exact) mass is 763 g/mol. The molecule has 0 aromatic heterocycles. The van der Waals surface area contributed by atoms with E-state index in [0.717, 1.165) is 17.1 Å². The molecule has 282 valence electrons. The number of fused-ring (bicyclic) bond motifs is 2. The SMILES string of the molecule is C(=C\c1ccc(-c2ccc(N(c3ccccc3)c3ccc4ccccc4c3)cc2)cc1)/c1ccc(-c2ccc(B(c3ccccc3)c3ccc4ccccc4c3)cc2)cc1. The number of anilines is 3. The number of hydrogen-bond donors (Lipinski definition) is 0. The molecule has 60 heavy (non-hydrogen) atoms. The van der Waals surface area contributed by atoms with Crippen LogP contribution < -0.4 is 21.3 Å². The highest BCUT2D eigenvalue weighted by Crippen LogP contribution is 2.37. The highest BCUT2D eigenvalue weighted by molar-refractivity contribution is 6.95. The van der Waals surface area contributed by atoms with Crippen LogP contribution in [0.25, 0.3) is 56.0 Å². The summed E-state index contributed by atoms with van der Waals surface area (Å²) in [6.07, 6.45) is 4.38. The molecule has 10 rings (SSSR count). The molecule has 0 saturated carbocycles. The standard InChI is InChI=1S/C58H42BN/c1-3-15-53(16-4-1)59(55-37-31-45-11-7-9-13-51(45)41-55)54-35-29-49(30-36-54)47-25-21-43(22-26-47)19-20-44-23-27-48(28-24-44)50-32-38-57(39-33-50)60(56-17-5-2-6-18-56)58-40-34-46-12-8-10-14-52(46)42-58/h1-42H/b20-19+. The Morgan fingerprint density at radius 1 is 0.267 bits per heavy atom. The average molecular weight is 764 g/mol. The Hall–Kier alpha value is -7.68. The van der Waals surface area contributed by atoms with Gasteiger partial charge in [0.2, 0.25) is 6.71 Å². The first kappa shape index (κ1) is 36.7. The zero-order chi connectivity index (χ0) is 40.1. The number of nitrogens with zero attached hydrogens (tertiary/aromatic N) is 1. The van der Waals surface area contributed by atoms with Gasteiger partial charge in [-0.05, 0) is 91.3 Å². The Bertz CT molecular complexity index is 2830. The summed E-state index contributed by atoms with van der Waals surface area (Å²) < 4.78 is 0. The van der Waals surface area contributed by atoms with Crippen LogP contribution in [0.3, 0.4) is 0 Å². The Balaban J connectivity index is 0.827. The van der Waals surface area contributed by atoms with Crippen LogP contribution >= 0.6 is 0 Å². The lowest BCUT2D eigenvalue weighted by Gasteiger charge is -2.26. The van der Waals surface area contributed by atoms with E-state index in [0.29, 0.717) is 0 Å². The molecule has 10 aromatic carbocycles. The van der Waals surface area contributed by atoms with Crippen molar-refractivity contribution in [1.82, 2.24) is 0 Å². The van der Waals surface area contributed by atoms with E-state index in [2.05, 4.69) is 260 Å². The summed E-state index contributed by atoms with van der Waals surface area (Å²) in [5.74, 6) is 0. The van der Waals surface area contributed by atoms with Crippen molar-refractivity contribution in [3.8, 4) is 22.3 Å². The van der Waals surface area contributed by atoms with Crippen LogP contribution in [0, 0.1) is 0 Å². The van der Waals surface area contributed by atoms with Gasteiger partial charge < -0.3 is 4.90 Å². The molecular weight excluding hydrogens is 721 g/mol. The zero-order valence-corrected chi connectivity index (χ0v) is 33.3. The van der Waals surface area contributed by atoms with Crippen LogP contribution in [-0.4, -0.2) is 6.71 Å². The Morgan fingerprint density at radius 3 is 1.22 bits per heavy atom. The summed E-state index contributed by atoms with van der Waals surface area (Å²) in [5, 5.41) is 5.00. The second-order valence-corrected chi connectivity index (χ2v) is 15.4. The van der Waals surface area contributed by atoms with Crippen LogP contribution in [0.2, 0.25) is 0 Å². The molecular formula is C58H42BN. The Labute approximate surface area is 353 Å². The van der Waals surface area contributed by atoms with Crippen molar-refractivity contribution in [2.75, 3.05) is 4.90 Å². The maximum Gasteiger partial charge on any atom is 0.241 e. The summed E-state index contributed by atoms with van der Waals surface area (Å²) in [6, 6.07) is 87.7. The molecule has 0 spiro atoms. The highest BCUT2D eigenvalue weighted by Gasteiger charge is 2.22. The van der Waals surface area contributed by atoms with Crippen LogP contribution in [0.15, 0.2) is 243 Å². The first-order chi connectivity index (χ1) is 29.7. The van der Waals surface area contributed by atoms with Gasteiger partial charge in [0.05, 0.1) is 0 Å². The van der Waals surface area contributed by atoms with Gasteiger partial charge in [0.1, 0.15) is 0 Å². The number of hydrogen-bond acceptors (Lipinski definition) is 1. The fourth-order valence-corrected chi connectivity index (χ4v) is 8.39. The van der Waals surface area contributed by atoms with Gasteiger partial charge in [0.25, 0.3) is 0 Å².